The number of esters is 3. The van der Waals surface area contributed by atoms with Gasteiger partial charge in [-0.15, -0.1) is 0 Å². The van der Waals surface area contributed by atoms with Gasteiger partial charge in [0.15, 0.2) is 0 Å². The largest absolute Gasteiger partial charge is 0.465 e. The van der Waals surface area contributed by atoms with E-state index in [0.29, 0.717) is 25.7 Å². The Morgan fingerprint density at radius 1 is 0.396 bits per heavy atom. The first-order valence-electron chi connectivity index (χ1n) is 19.6. The normalized spacial score (nSPS) is 11.5. The highest BCUT2D eigenvalue weighted by molar-refractivity contribution is 7.99. The summed E-state index contributed by atoms with van der Waals surface area (Å²) < 4.78 is 17.1. The highest BCUT2D eigenvalue weighted by Crippen LogP contribution is 2.26. The van der Waals surface area contributed by atoms with Crippen LogP contribution in [-0.2, 0) is 28.6 Å². The van der Waals surface area contributed by atoms with Crippen LogP contribution in [0.1, 0.15) is 169 Å². The average Bonchev–Trinajstić information content (AvgIpc) is 3.09. The van der Waals surface area contributed by atoms with Crippen LogP contribution < -0.4 is 0 Å². The van der Waals surface area contributed by atoms with Crippen molar-refractivity contribution in [1.82, 2.24) is 0 Å². The molecular weight excluding hydrogens is 661 g/mol. The second-order valence-corrected chi connectivity index (χ2v) is 16.9. The van der Waals surface area contributed by atoms with Gasteiger partial charge in [-0.1, -0.05) is 124 Å². The van der Waals surface area contributed by atoms with Crippen molar-refractivity contribution >= 4 is 53.2 Å². The fourth-order valence-electron chi connectivity index (χ4n) is 5.07. The van der Waals surface area contributed by atoms with E-state index in [-0.39, 0.29) is 37.7 Å². The molecule has 0 saturated carbocycles. The molecule has 0 amide bonds. The molecule has 0 aromatic heterocycles. The van der Waals surface area contributed by atoms with Crippen LogP contribution in [-0.4, -0.2) is 72.2 Å². The van der Waals surface area contributed by atoms with Gasteiger partial charge in [0.25, 0.3) is 0 Å². The lowest BCUT2D eigenvalue weighted by Gasteiger charge is -2.31. The van der Waals surface area contributed by atoms with Crippen molar-refractivity contribution < 1.29 is 28.6 Å². The first-order valence-corrected chi connectivity index (χ1v) is 23.1. The molecule has 0 unspecified atom stereocenters. The fourth-order valence-corrected chi connectivity index (χ4v) is 7.84. The SMILES string of the molecule is CCCCCCCCSCCC(=O)OCC(CC)(COC(=O)CCSCCCCCCCC)COC(=O)CCSCCCCCCCC. The number of ether oxygens (including phenoxy) is 3. The Morgan fingerprint density at radius 3 is 0.938 bits per heavy atom. The highest BCUT2D eigenvalue weighted by atomic mass is 32.2. The summed E-state index contributed by atoms with van der Waals surface area (Å²) in [5.74, 6) is 4.67. The molecule has 0 aromatic carbocycles. The van der Waals surface area contributed by atoms with E-state index in [2.05, 4.69) is 20.8 Å². The van der Waals surface area contributed by atoms with Crippen molar-refractivity contribution in [1.29, 1.82) is 0 Å². The maximum atomic E-state index is 12.6. The van der Waals surface area contributed by atoms with Gasteiger partial charge in [-0.25, -0.2) is 0 Å². The molecule has 0 fully saturated rings. The number of thioether (sulfide) groups is 3. The van der Waals surface area contributed by atoms with E-state index in [0.717, 1.165) is 34.5 Å². The van der Waals surface area contributed by atoms with Crippen LogP contribution in [0.2, 0.25) is 0 Å². The molecule has 0 atom stereocenters. The lowest BCUT2D eigenvalue weighted by atomic mass is 9.88. The third kappa shape index (κ3) is 31.4. The standard InChI is InChI=1S/C39H74O6S3/c1-5-9-12-15-18-21-27-46-30-24-36(40)43-33-39(8-4,34-44-37(41)25-31-47-28-22-19-16-13-10-6-2)35-45-38(42)26-32-48-29-23-20-17-14-11-7-3/h5-35H2,1-4H3. The third-order valence-corrected chi connectivity index (χ3v) is 11.9. The Balaban J connectivity index is 4.65. The number of hydrogen-bond acceptors (Lipinski definition) is 9. The van der Waals surface area contributed by atoms with Crippen LogP contribution in [0.15, 0.2) is 0 Å². The zero-order chi connectivity index (χ0) is 35.4. The maximum Gasteiger partial charge on any atom is 0.306 e. The quantitative estimate of drug-likeness (QED) is 0.0352. The second kappa shape index (κ2) is 36.3. The van der Waals surface area contributed by atoms with Crippen molar-refractivity contribution in [2.75, 3.05) is 54.3 Å². The van der Waals surface area contributed by atoms with Gasteiger partial charge in [-0.2, -0.15) is 35.3 Å². The second-order valence-electron chi connectivity index (χ2n) is 13.2. The topological polar surface area (TPSA) is 78.9 Å². The van der Waals surface area contributed by atoms with E-state index in [9.17, 15) is 14.4 Å². The molecule has 0 spiro atoms. The Morgan fingerprint density at radius 2 is 0.667 bits per heavy atom. The predicted octanol–water partition coefficient (Wildman–Crippen LogP) is 11.5. The first kappa shape index (κ1) is 47.5. The van der Waals surface area contributed by atoms with Crippen LogP contribution in [0.5, 0.6) is 0 Å². The summed E-state index contributed by atoms with van der Waals surface area (Å²) in [4.78, 5) is 37.9. The van der Waals surface area contributed by atoms with E-state index < -0.39 is 5.41 Å². The molecule has 0 aliphatic carbocycles. The molecule has 284 valence electrons. The third-order valence-electron chi connectivity index (χ3n) is 8.65. The summed E-state index contributed by atoms with van der Waals surface area (Å²) in [5, 5.41) is 0. The smallest absolute Gasteiger partial charge is 0.306 e. The molecule has 48 heavy (non-hydrogen) atoms. The number of hydrogen-bond donors (Lipinski definition) is 0. The number of unbranched alkanes of at least 4 members (excludes halogenated alkanes) is 15. The lowest BCUT2D eigenvalue weighted by Crippen LogP contribution is -2.39. The van der Waals surface area contributed by atoms with E-state index in [1.165, 1.54) is 116 Å². The molecule has 0 heterocycles. The zero-order valence-corrected chi connectivity index (χ0v) is 34.0. The van der Waals surface area contributed by atoms with Crippen LogP contribution >= 0.6 is 35.3 Å². The Hall–Kier alpha value is -0.540. The van der Waals surface area contributed by atoms with E-state index in [1.54, 1.807) is 35.3 Å². The van der Waals surface area contributed by atoms with E-state index in [1.807, 2.05) is 6.92 Å². The monoisotopic (exact) mass is 734 g/mol. The first-order chi connectivity index (χ1) is 23.4. The summed E-state index contributed by atoms with van der Waals surface area (Å²) >= 11 is 5.41. The Kier molecular flexibility index (Phi) is 35.8. The van der Waals surface area contributed by atoms with Crippen molar-refractivity contribution in [3.8, 4) is 0 Å². The van der Waals surface area contributed by atoms with Crippen LogP contribution in [0, 0.1) is 5.41 Å². The highest BCUT2D eigenvalue weighted by Gasteiger charge is 2.34. The van der Waals surface area contributed by atoms with Gasteiger partial charge in [-0.05, 0) is 42.9 Å². The molecule has 0 N–H and O–H groups in total. The van der Waals surface area contributed by atoms with Gasteiger partial charge in [-0.3, -0.25) is 14.4 Å². The summed E-state index contributed by atoms with van der Waals surface area (Å²) in [6.07, 6.45) is 24.5. The maximum absolute atomic E-state index is 12.6. The lowest BCUT2D eigenvalue weighted by molar-refractivity contribution is -0.161. The van der Waals surface area contributed by atoms with Crippen LogP contribution in [0.25, 0.3) is 0 Å². The molecular formula is C39H74O6S3. The van der Waals surface area contributed by atoms with E-state index >= 15 is 0 Å². The summed E-state index contributed by atoms with van der Waals surface area (Å²) in [6, 6.07) is 0. The molecule has 0 aromatic rings. The Labute approximate surface area is 309 Å². The average molecular weight is 735 g/mol. The molecule has 0 radical (unpaired) electrons. The molecule has 6 nitrogen and oxygen atoms in total. The summed E-state index contributed by atoms with van der Waals surface area (Å²) in [7, 11) is 0. The molecule has 0 aliphatic rings. The summed E-state index contributed by atoms with van der Waals surface area (Å²) in [5.41, 5.74) is -0.746. The minimum absolute atomic E-state index is 0.0740. The minimum Gasteiger partial charge on any atom is -0.465 e. The van der Waals surface area contributed by atoms with Gasteiger partial charge in [0, 0.05) is 17.3 Å². The van der Waals surface area contributed by atoms with Crippen molar-refractivity contribution in [3.05, 3.63) is 0 Å². The predicted molar refractivity (Wildman–Crippen MR) is 212 cm³/mol. The summed E-state index contributed by atoms with van der Waals surface area (Å²) in [6.45, 7) is 8.89. The number of rotatable bonds is 37. The van der Waals surface area contributed by atoms with Crippen molar-refractivity contribution in [2.45, 2.75) is 169 Å². The Bertz CT molecular complexity index is 658. The molecule has 0 saturated heterocycles. The molecule has 9 heteroatoms. The fraction of sp³-hybridized carbons (Fsp3) is 0.923. The van der Waals surface area contributed by atoms with Gasteiger partial charge >= 0.3 is 17.9 Å². The van der Waals surface area contributed by atoms with Gasteiger partial charge < -0.3 is 14.2 Å². The molecule has 0 rings (SSSR count). The van der Waals surface area contributed by atoms with Crippen LogP contribution in [0.4, 0.5) is 0 Å². The van der Waals surface area contributed by atoms with Crippen molar-refractivity contribution in [2.24, 2.45) is 5.41 Å². The van der Waals surface area contributed by atoms with Gasteiger partial charge in [0.1, 0.15) is 19.8 Å². The number of carbonyl (C=O) groups excluding carboxylic acids is 3. The van der Waals surface area contributed by atoms with Gasteiger partial charge in [0.2, 0.25) is 0 Å². The van der Waals surface area contributed by atoms with E-state index in [4.69, 9.17) is 14.2 Å². The number of carbonyl (C=O) groups is 3. The van der Waals surface area contributed by atoms with Gasteiger partial charge in [0.05, 0.1) is 24.7 Å². The minimum atomic E-state index is -0.746. The molecule has 0 aliphatic heterocycles. The molecule has 0 bridgehead atoms. The van der Waals surface area contributed by atoms with Crippen LogP contribution in [0.3, 0.4) is 0 Å². The zero-order valence-electron chi connectivity index (χ0n) is 31.6. The van der Waals surface area contributed by atoms with Crippen molar-refractivity contribution in [3.63, 3.8) is 0 Å².